The van der Waals surface area contributed by atoms with Crippen molar-refractivity contribution in [3.05, 3.63) is 58.1 Å². The summed E-state index contributed by atoms with van der Waals surface area (Å²) >= 11 is 0. The number of allylic oxidation sites excluding steroid dienone is 4. The Hall–Kier alpha value is -2.16. The van der Waals surface area contributed by atoms with Crippen LogP contribution in [0.4, 0.5) is 0 Å². The van der Waals surface area contributed by atoms with Gasteiger partial charge in [0, 0.05) is 42.7 Å². The molecule has 0 N–H and O–H groups in total. The third kappa shape index (κ3) is 3.60. The molecule has 0 saturated carbocycles. The Balaban J connectivity index is 1.92. The number of hydrogen-bond acceptors (Lipinski definition) is 3. The van der Waals surface area contributed by atoms with Gasteiger partial charge in [-0.25, -0.2) is 0 Å². The fourth-order valence-electron chi connectivity index (χ4n) is 5.11. The number of ether oxygens (including phenoxy) is 1. The van der Waals surface area contributed by atoms with Crippen LogP contribution < -0.4 is 0 Å². The van der Waals surface area contributed by atoms with Crippen LogP contribution in [0.1, 0.15) is 90.2 Å². The lowest BCUT2D eigenvalue weighted by molar-refractivity contribution is -0.120. The van der Waals surface area contributed by atoms with Gasteiger partial charge in [0.25, 0.3) is 0 Å². The molecule has 0 fully saturated rings. The molecule has 0 saturated heterocycles. The van der Waals surface area contributed by atoms with E-state index >= 15 is 0 Å². The normalized spacial score (nSPS) is 23.8. The van der Waals surface area contributed by atoms with Gasteiger partial charge in [-0.2, -0.15) is 0 Å². The molecule has 0 spiro atoms. The summed E-state index contributed by atoms with van der Waals surface area (Å²) < 4.78 is 6.35. The van der Waals surface area contributed by atoms with Gasteiger partial charge in [-0.3, -0.25) is 9.59 Å². The van der Waals surface area contributed by atoms with Crippen LogP contribution in [-0.2, 0) is 14.3 Å². The molecule has 3 aliphatic rings. The molecule has 4 rings (SSSR count). The first-order valence-corrected chi connectivity index (χ1v) is 10.8. The van der Waals surface area contributed by atoms with Crippen LogP contribution in [0.5, 0.6) is 0 Å². The molecule has 0 atom stereocenters. The lowest BCUT2D eigenvalue weighted by atomic mass is 9.65. The molecule has 1 aromatic carbocycles. The molecule has 3 nitrogen and oxygen atoms in total. The fourth-order valence-corrected chi connectivity index (χ4v) is 5.11. The van der Waals surface area contributed by atoms with Gasteiger partial charge in [0.1, 0.15) is 11.5 Å². The largest absolute Gasteiger partial charge is 0.465 e. The molecule has 29 heavy (non-hydrogen) atoms. The van der Waals surface area contributed by atoms with Crippen LogP contribution in [0.2, 0.25) is 0 Å². The van der Waals surface area contributed by atoms with E-state index in [0.29, 0.717) is 18.8 Å². The third-order valence-electron chi connectivity index (χ3n) is 6.49. The predicted octanol–water partition coefficient (Wildman–Crippen LogP) is 6.21. The fraction of sp³-hybridized carbons (Fsp3) is 0.538. The van der Waals surface area contributed by atoms with Crippen molar-refractivity contribution in [2.24, 2.45) is 10.8 Å². The molecule has 0 radical (unpaired) electrons. The molecule has 1 aliphatic heterocycles. The minimum Gasteiger partial charge on any atom is -0.465 e. The summed E-state index contributed by atoms with van der Waals surface area (Å²) in [6, 6.07) is 8.41. The van der Waals surface area contributed by atoms with Gasteiger partial charge in [0.15, 0.2) is 11.6 Å². The maximum absolute atomic E-state index is 13.3. The maximum Gasteiger partial charge on any atom is 0.163 e. The van der Waals surface area contributed by atoms with Crippen molar-refractivity contribution in [2.45, 2.75) is 79.1 Å². The van der Waals surface area contributed by atoms with Crippen molar-refractivity contribution in [1.29, 1.82) is 0 Å². The quantitative estimate of drug-likeness (QED) is 0.601. The van der Waals surface area contributed by atoms with Gasteiger partial charge in [0.05, 0.1) is 0 Å². The molecule has 1 aromatic rings. The van der Waals surface area contributed by atoms with Crippen LogP contribution in [0.15, 0.2) is 46.9 Å². The van der Waals surface area contributed by atoms with Crippen LogP contribution in [0.3, 0.4) is 0 Å². The Morgan fingerprint density at radius 1 is 0.862 bits per heavy atom. The predicted molar refractivity (Wildman–Crippen MR) is 114 cm³/mol. The lowest BCUT2D eigenvalue weighted by Crippen LogP contribution is -2.37. The van der Waals surface area contributed by atoms with Gasteiger partial charge in [-0.15, -0.1) is 0 Å². The zero-order valence-electron chi connectivity index (χ0n) is 18.5. The van der Waals surface area contributed by atoms with E-state index < -0.39 is 0 Å². The number of carbonyl (C=O) groups is 2. The van der Waals surface area contributed by atoms with Crippen molar-refractivity contribution in [3.63, 3.8) is 0 Å². The molecule has 2 aliphatic carbocycles. The van der Waals surface area contributed by atoms with Gasteiger partial charge in [-0.1, -0.05) is 65.8 Å². The van der Waals surface area contributed by atoms with E-state index in [2.05, 4.69) is 65.8 Å². The van der Waals surface area contributed by atoms with Gasteiger partial charge < -0.3 is 4.74 Å². The summed E-state index contributed by atoms with van der Waals surface area (Å²) in [5, 5.41) is 0. The summed E-state index contributed by atoms with van der Waals surface area (Å²) in [7, 11) is 0. The number of carbonyl (C=O) groups excluding carboxylic acids is 2. The highest BCUT2D eigenvalue weighted by molar-refractivity contribution is 6.06. The highest BCUT2D eigenvalue weighted by atomic mass is 16.5. The van der Waals surface area contributed by atoms with Crippen LogP contribution in [0, 0.1) is 10.8 Å². The smallest absolute Gasteiger partial charge is 0.163 e. The first kappa shape index (κ1) is 20.1. The summed E-state index contributed by atoms with van der Waals surface area (Å²) in [5.41, 5.74) is 3.47. The molecule has 3 heteroatoms. The van der Waals surface area contributed by atoms with E-state index in [1.54, 1.807) is 0 Å². The van der Waals surface area contributed by atoms with Crippen LogP contribution in [-0.4, -0.2) is 11.6 Å². The summed E-state index contributed by atoms with van der Waals surface area (Å²) in [6.45, 7) is 12.8. The second-order valence-corrected chi connectivity index (χ2v) is 10.9. The van der Waals surface area contributed by atoms with E-state index in [9.17, 15) is 9.59 Å². The molecular weight excluding hydrogens is 360 g/mol. The number of Topliss-reactive ketones (excluding diaryl/α,β-unsaturated/α-hetero) is 2. The first-order chi connectivity index (χ1) is 13.5. The Bertz CT molecular complexity index is 904. The Kier molecular flexibility index (Phi) is 4.64. The molecule has 1 heterocycles. The second kappa shape index (κ2) is 6.68. The van der Waals surface area contributed by atoms with E-state index in [1.165, 1.54) is 5.56 Å². The monoisotopic (exact) mass is 392 g/mol. The lowest BCUT2D eigenvalue weighted by Gasteiger charge is -2.42. The molecular formula is C26H32O3. The van der Waals surface area contributed by atoms with Gasteiger partial charge in [0.2, 0.25) is 0 Å². The molecule has 0 unspecified atom stereocenters. The molecule has 154 valence electrons. The van der Waals surface area contributed by atoms with E-state index in [0.717, 1.165) is 41.1 Å². The second-order valence-electron chi connectivity index (χ2n) is 10.9. The van der Waals surface area contributed by atoms with E-state index in [4.69, 9.17) is 4.74 Å². The number of rotatable bonds is 2. The summed E-state index contributed by atoms with van der Waals surface area (Å²) in [5.74, 6) is 1.92. The maximum atomic E-state index is 13.3. The average Bonchev–Trinajstić information content (AvgIpc) is 2.57. The Morgan fingerprint density at radius 3 is 1.86 bits per heavy atom. The highest BCUT2D eigenvalue weighted by Gasteiger charge is 2.47. The number of benzene rings is 1. The Morgan fingerprint density at radius 2 is 1.38 bits per heavy atom. The van der Waals surface area contributed by atoms with E-state index in [1.807, 2.05) is 0 Å². The highest BCUT2D eigenvalue weighted by Crippen LogP contribution is 2.53. The van der Waals surface area contributed by atoms with Crippen LogP contribution >= 0.6 is 0 Å². The average molecular weight is 393 g/mol. The minimum absolute atomic E-state index is 0.119. The van der Waals surface area contributed by atoms with Crippen LogP contribution in [0.25, 0.3) is 0 Å². The zero-order valence-corrected chi connectivity index (χ0v) is 18.5. The summed E-state index contributed by atoms with van der Waals surface area (Å²) in [4.78, 5) is 26.6. The first-order valence-electron chi connectivity index (χ1n) is 10.8. The molecule has 0 bridgehead atoms. The standard InChI is InChI=1S/C26H32O3/c1-15(2)16-8-7-9-17(10-16)22-23-18(27)11-25(3,4)13-20(23)29-21-14-26(5,6)12-19(28)24(21)22/h7-10,15,22H,11-14H2,1-6H3. The van der Waals surface area contributed by atoms with Crippen molar-refractivity contribution in [1.82, 2.24) is 0 Å². The topological polar surface area (TPSA) is 43.4 Å². The van der Waals surface area contributed by atoms with Gasteiger partial charge in [-0.05, 0) is 27.9 Å². The number of hydrogen-bond donors (Lipinski definition) is 0. The SMILES string of the molecule is CC(C)c1cccc(C2C3=C(CC(C)(C)CC3=O)OC3=C2C(=O)CC(C)(C)C3)c1. The van der Waals surface area contributed by atoms with Crippen molar-refractivity contribution < 1.29 is 14.3 Å². The molecule has 0 aromatic heterocycles. The molecule has 0 amide bonds. The van der Waals surface area contributed by atoms with Gasteiger partial charge >= 0.3 is 0 Å². The Labute approximate surface area is 174 Å². The minimum atomic E-state index is -0.292. The zero-order chi connectivity index (χ0) is 21.1. The van der Waals surface area contributed by atoms with Crippen molar-refractivity contribution in [2.75, 3.05) is 0 Å². The van der Waals surface area contributed by atoms with E-state index in [-0.39, 0.29) is 28.3 Å². The van der Waals surface area contributed by atoms with Crippen molar-refractivity contribution >= 4 is 11.6 Å². The van der Waals surface area contributed by atoms with Crippen molar-refractivity contribution in [3.8, 4) is 0 Å². The number of ketones is 2. The summed E-state index contributed by atoms with van der Waals surface area (Å²) in [6.07, 6.45) is 2.47. The third-order valence-corrected chi connectivity index (χ3v) is 6.49.